The third-order valence-corrected chi connectivity index (χ3v) is 3.18. The van der Waals surface area contributed by atoms with E-state index in [-0.39, 0.29) is 24.3 Å². The van der Waals surface area contributed by atoms with Crippen LogP contribution in [0.3, 0.4) is 0 Å². The average molecular weight is 277 g/mol. The van der Waals surface area contributed by atoms with Gasteiger partial charge in [-0.15, -0.1) is 0 Å². The highest BCUT2D eigenvalue weighted by Crippen LogP contribution is 2.22. The van der Waals surface area contributed by atoms with E-state index in [0.29, 0.717) is 18.7 Å². The van der Waals surface area contributed by atoms with Gasteiger partial charge >= 0.3 is 5.97 Å². The standard InChI is InChI=1S/C15H19NO4/c1-10(2)20-13-5-3-12(4-6-13)15(19)16-8-11(9-16)7-14(17)18/h3-6,10-11H,7-9H2,1-2H3,(H,17,18). The molecule has 1 aliphatic heterocycles. The van der Waals surface area contributed by atoms with Gasteiger partial charge in [-0.05, 0) is 38.1 Å². The normalized spacial score (nSPS) is 15.1. The molecule has 0 spiro atoms. The van der Waals surface area contributed by atoms with Crippen LogP contribution in [0, 0.1) is 5.92 Å². The van der Waals surface area contributed by atoms with Crippen molar-refractivity contribution >= 4 is 11.9 Å². The highest BCUT2D eigenvalue weighted by Gasteiger charge is 2.32. The molecule has 1 aromatic carbocycles. The van der Waals surface area contributed by atoms with Crippen molar-refractivity contribution in [3.05, 3.63) is 29.8 Å². The van der Waals surface area contributed by atoms with Crippen molar-refractivity contribution in [2.75, 3.05) is 13.1 Å². The van der Waals surface area contributed by atoms with Crippen LogP contribution in [0.2, 0.25) is 0 Å². The van der Waals surface area contributed by atoms with E-state index in [2.05, 4.69) is 0 Å². The zero-order valence-electron chi connectivity index (χ0n) is 11.7. The van der Waals surface area contributed by atoms with Crippen LogP contribution >= 0.6 is 0 Å². The molecule has 1 aromatic rings. The Kier molecular flexibility index (Phi) is 4.27. The van der Waals surface area contributed by atoms with Crippen LogP contribution in [0.1, 0.15) is 30.6 Å². The Morgan fingerprint density at radius 3 is 2.40 bits per heavy atom. The molecule has 0 atom stereocenters. The van der Waals surface area contributed by atoms with Crippen molar-refractivity contribution < 1.29 is 19.4 Å². The van der Waals surface area contributed by atoms with E-state index in [9.17, 15) is 9.59 Å². The largest absolute Gasteiger partial charge is 0.491 e. The second-order valence-corrected chi connectivity index (χ2v) is 5.37. The topological polar surface area (TPSA) is 66.8 Å². The predicted octanol–water partition coefficient (Wildman–Crippen LogP) is 2.02. The minimum Gasteiger partial charge on any atom is -0.491 e. The molecule has 1 saturated heterocycles. The zero-order valence-corrected chi connectivity index (χ0v) is 11.7. The number of rotatable bonds is 5. The number of benzene rings is 1. The number of likely N-dealkylation sites (tertiary alicyclic amines) is 1. The molecule has 0 aliphatic carbocycles. The van der Waals surface area contributed by atoms with Gasteiger partial charge in [0.25, 0.3) is 5.91 Å². The summed E-state index contributed by atoms with van der Waals surface area (Å²) >= 11 is 0. The fraction of sp³-hybridized carbons (Fsp3) is 0.467. The summed E-state index contributed by atoms with van der Waals surface area (Å²) in [6, 6.07) is 7.04. The van der Waals surface area contributed by atoms with Gasteiger partial charge in [-0.1, -0.05) is 0 Å². The van der Waals surface area contributed by atoms with Gasteiger partial charge in [-0.25, -0.2) is 0 Å². The number of aliphatic carboxylic acids is 1. The highest BCUT2D eigenvalue weighted by molar-refractivity contribution is 5.94. The average Bonchev–Trinajstić information content (AvgIpc) is 2.32. The first-order chi connectivity index (χ1) is 9.45. The van der Waals surface area contributed by atoms with E-state index in [1.807, 2.05) is 13.8 Å². The number of carbonyl (C=O) groups excluding carboxylic acids is 1. The second-order valence-electron chi connectivity index (χ2n) is 5.37. The van der Waals surface area contributed by atoms with Crippen LogP contribution < -0.4 is 4.74 Å². The molecule has 1 heterocycles. The highest BCUT2D eigenvalue weighted by atomic mass is 16.5. The molecule has 0 saturated carbocycles. The number of carboxylic acid groups (broad SMARTS) is 1. The number of carbonyl (C=O) groups is 2. The van der Waals surface area contributed by atoms with Crippen molar-refractivity contribution in [2.45, 2.75) is 26.4 Å². The van der Waals surface area contributed by atoms with Gasteiger partial charge in [0.2, 0.25) is 0 Å². The lowest BCUT2D eigenvalue weighted by Crippen LogP contribution is -2.50. The lowest BCUT2D eigenvalue weighted by atomic mass is 9.95. The van der Waals surface area contributed by atoms with Crippen LogP contribution in [0.15, 0.2) is 24.3 Å². The number of nitrogens with zero attached hydrogens (tertiary/aromatic N) is 1. The molecular formula is C15H19NO4. The zero-order chi connectivity index (χ0) is 14.7. The van der Waals surface area contributed by atoms with E-state index in [1.54, 1.807) is 29.2 Å². The van der Waals surface area contributed by atoms with Crippen molar-refractivity contribution in [1.82, 2.24) is 4.90 Å². The SMILES string of the molecule is CC(C)Oc1ccc(C(=O)N2CC(CC(=O)O)C2)cc1. The molecule has 5 heteroatoms. The maximum atomic E-state index is 12.1. The molecule has 5 nitrogen and oxygen atoms in total. The Morgan fingerprint density at radius 1 is 1.30 bits per heavy atom. The van der Waals surface area contributed by atoms with Crippen LogP contribution in [-0.2, 0) is 4.79 Å². The number of amides is 1. The van der Waals surface area contributed by atoms with E-state index < -0.39 is 5.97 Å². The summed E-state index contributed by atoms with van der Waals surface area (Å²) in [4.78, 5) is 24.4. The number of ether oxygens (including phenoxy) is 1. The Labute approximate surface area is 118 Å². The van der Waals surface area contributed by atoms with Gasteiger partial charge in [0.15, 0.2) is 0 Å². The molecule has 0 bridgehead atoms. The monoisotopic (exact) mass is 277 g/mol. The van der Waals surface area contributed by atoms with Crippen LogP contribution in [0.25, 0.3) is 0 Å². The Hall–Kier alpha value is -2.04. The lowest BCUT2D eigenvalue weighted by molar-refractivity contribution is -0.139. The lowest BCUT2D eigenvalue weighted by Gasteiger charge is -2.38. The first kappa shape index (κ1) is 14.4. The number of carboxylic acids is 1. The molecule has 1 fully saturated rings. The predicted molar refractivity (Wildman–Crippen MR) is 73.9 cm³/mol. The molecule has 2 rings (SSSR count). The Bertz CT molecular complexity index is 489. The summed E-state index contributed by atoms with van der Waals surface area (Å²) in [5.41, 5.74) is 0.606. The molecule has 1 N–H and O–H groups in total. The second kappa shape index (κ2) is 5.94. The number of hydrogen-bond donors (Lipinski definition) is 1. The van der Waals surface area contributed by atoms with Gasteiger partial charge in [-0.3, -0.25) is 9.59 Å². The first-order valence-electron chi connectivity index (χ1n) is 6.73. The van der Waals surface area contributed by atoms with Gasteiger partial charge in [-0.2, -0.15) is 0 Å². The summed E-state index contributed by atoms with van der Waals surface area (Å²) in [7, 11) is 0. The van der Waals surface area contributed by atoms with Crippen molar-refractivity contribution in [2.24, 2.45) is 5.92 Å². The third kappa shape index (κ3) is 3.50. The maximum Gasteiger partial charge on any atom is 0.303 e. The smallest absolute Gasteiger partial charge is 0.303 e. The maximum absolute atomic E-state index is 12.1. The summed E-state index contributed by atoms with van der Waals surface area (Å²) in [5.74, 6) is -0.0380. The van der Waals surface area contributed by atoms with Crippen molar-refractivity contribution in [3.8, 4) is 5.75 Å². The van der Waals surface area contributed by atoms with E-state index in [0.717, 1.165) is 5.75 Å². The summed E-state index contributed by atoms with van der Waals surface area (Å²) in [6.45, 7) is 4.94. The first-order valence-corrected chi connectivity index (χ1v) is 6.73. The third-order valence-electron chi connectivity index (χ3n) is 3.18. The molecule has 20 heavy (non-hydrogen) atoms. The molecule has 1 aliphatic rings. The van der Waals surface area contributed by atoms with E-state index in [1.165, 1.54) is 0 Å². The van der Waals surface area contributed by atoms with Gasteiger partial charge in [0.1, 0.15) is 5.75 Å². The van der Waals surface area contributed by atoms with Crippen LogP contribution in [-0.4, -0.2) is 41.1 Å². The molecule has 0 radical (unpaired) electrons. The van der Waals surface area contributed by atoms with Crippen LogP contribution in [0.4, 0.5) is 0 Å². The minimum absolute atomic E-state index is 0.0530. The van der Waals surface area contributed by atoms with Crippen molar-refractivity contribution in [3.63, 3.8) is 0 Å². The molecule has 108 valence electrons. The summed E-state index contributed by atoms with van der Waals surface area (Å²) < 4.78 is 5.52. The minimum atomic E-state index is -0.808. The summed E-state index contributed by atoms with van der Waals surface area (Å²) in [6.07, 6.45) is 0.231. The Balaban J connectivity index is 1.89. The fourth-order valence-electron chi connectivity index (χ4n) is 2.24. The molecule has 1 amide bonds. The summed E-state index contributed by atoms with van der Waals surface area (Å²) in [5, 5.41) is 8.68. The van der Waals surface area contributed by atoms with Crippen molar-refractivity contribution in [1.29, 1.82) is 0 Å². The number of hydrogen-bond acceptors (Lipinski definition) is 3. The van der Waals surface area contributed by atoms with E-state index >= 15 is 0 Å². The van der Waals surface area contributed by atoms with Gasteiger partial charge in [0.05, 0.1) is 12.5 Å². The van der Waals surface area contributed by atoms with Gasteiger partial charge < -0.3 is 14.7 Å². The Morgan fingerprint density at radius 2 is 1.90 bits per heavy atom. The molecule has 0 aromatic heterocycles. The fourth-order valence-corrected chi connectivity index (χ4v) is 2.24. The molecular weight excluding hydrogens is 258 g/mol. The quantitative estimate of drug-likeness (QED) is 0.894. The van der Waals surface area contributed by atoms with Crippen LogP contribution in [0.5, 0.6) is 5.75 Å². The molecule has 0 unspecified atom stereocenters. The van der Waals surface area contributed by atoms with Gasteiger partial charge in [0, 0.05) is 24.6 Å². The van der Waals surface area contributed by atoms with E-state index in [4.69, 9.17) is 9.84 Å².